The van der Waals surface area contributed by atoms with Crippen LogP contribution in [0.3, 0.4) is 0 Å². The Kier molecular flexibility index (Phi) is 4.43. The van der Waals surface area contributed by atoms with Crippen LogP contribution >= 0.6 is 11.3 Å². The Balaban J connectivity index is 1.99. The smallest absolute Gasteiger partial charge is 0.0860 e. The van der Waals surface area contributed by atoms with Crippen molar-refractivity contribution in [3.8, 4) is 5.69 Å². The molecule has 0 fully saturated rings. The molecule has 1 N–H and O–H groups in total. The van der Waals surface area contributed by atoms with Crippen molar-refractivity contribution < 1.29 is 0 Å². The topological polar surface area (TPSA) is 42.7 Å². The van der Waals surface area contributed by atoms with Gasteiger partial charge >= 0.3 is 0 Å². The lowest BCUT2D eigenvalue weighted by molar-refractivity contribution is 0.570. The monoisotopic (exact) mass is 298 g/mol. The minimum atomic E-state index is 0.117. The highest BCUT2D eigenvalue weighted by molar-refractivity contribution is 7.08. The third-order valence-electron chi connectivity index (χ3n) is 3.35. The van der Waals surface area contributed by atoms with Crippen molar-refractivity contribution in [1.29, 1.82) is 0 Å². The van der Waals surface area contributed by atoms with Gasteiger partial charge in [0, 0.05) is 0 Å². The Morgan fingerprint density at radius 1 is 1.24 bits per heavy atom. The molecule has 2 aromatic heterocycles. The number of hydrogen-bond acceptors (Lipinski definition) is 4. The number of benzene rings is 1. The molecule has 0 amide bonds. The van der Waals surface area contributed by atoms with Crippen LogP contribution in [0.25, 0.3) is 5.69 Å². The highest BCUT2D eigenvalue weighted by atomic mass is 32.1. The van der Waals surface area contributed by atoms with Gasteiger partial charge in [-0.05, 0) is 47.5 Å². The van der Waals surface area contributed by atoms with Gasteiger partial charge in [0.1, 0.15) is 0 Å². The second kappa shape index (κ2) is 6.65. The largest absolute Gasteiger partial charge is 0.305 e. The fourth-order valence-electron chi connectivity index (χ4n) is 2.33. The second-order valence-electron chi connectivity index (χ2n) is 4.85. The van der Waals surface area contributed by atoms with Gasteiger partial charge < -0.3 is 5.32 Å². The van der Waals surface area contributed by atoms with Crippen LogP contribution in [0.15, 0.2) is 53.4 Å². The maximum absolute atomic E-state index is 4.26. The molecule has 0 spiro atoms. The molecular formula is C16H18N4S. The second-order valence-corrected chi connectivity index (χ2v) is 5.63. The number of thiophene rings is 1. The van der Waals surface area contributed by atoms with Crippen molar-refractivity contribution in [2.24, 2.45) is 0 Å². The van der Waals surface area contributed by atoms with Gasteiger partial charge in [0.25, 0.3) is 0 Å². The summed E-state index contributed by atoms with van der Waals surface area (Å²) >= 11 is 1.71. The Morgan fingerprint density at radius 2 is 2.10 bits per heavy atom. The van der Waals surface area contributed by atoms with E-state index in [-0.39, 0.29) is 6.04 Å². The van der Waals surface area contributed by atoms with E-state index < -0.39 is 0 Å². The molecule has 1 aromatic carbocycles. The van der Waals surface area contributed by atoms with Gasteiger partial charge in [-0.1, -0.05) is 30.3 Å². The van der Waals surface area contributed by atoms with E-state index in [0.29, 0.717) is 0 Å². The van der Waals surface area contributed by atoms with Gasteiger partial charge in [0.05, 0.1) is 23.6 Å². The molecule has 0 aliphatic carbocycles. The predicted octanol–water partition coefficient (Wildman–Crippen LogP) is 3.42. The Hall–Kier alpha value is -1.98. The first-order chi connectivity index (χ1) is 10.4. The molecule has 21 heavy (non-hydrogen) atoms. The van der Waals surface area contributed by atoms with Crippen molar-refractivity contribution in [2.45, 2.75) is 19.4 Å². The summed E-state index contributed by atoms with van der Waals surface area (Å²) in [4.78, 5) is 0. The van der Waals surface area contributed by atoms with E-state index in [9.17, 15) is 0 Å². The summed E-state index contributed by atoms with van der Waals surface area (Å²) in [5.74, 6) is 0. The first-order valence-corrected chi connectivity index (χ1v) is 8.06. The molecule has 1 unspecified atom stereocenters. The lowest BCUT2D eigenvalue weighted by Crippen LogP contribution is -2.25. The Morgan fingerprint density at radius 3 is 2.81 bits per heavy atom. The van der Waals surface area contributed by atoms with Crippen LogP contribution in [-0.2, 0) is 0 Å². The maximum Gasteiger partial charge on any atom is 0.0860 e. The van der Waals surface area contributed by atoms with Crippen molar-refractivity contribution >= 4 is 11.3 Å². The van der Waals surface area contributed by atoms with Gasteiger partial charge in [0.2, 0.25) is 0 Å². The fraction of sp³-hybridized carbons (Fsp3) is 0.250. The molecule has 3 aromatic rings. The molecule has 1 atom stereocenters. The quantitative estimate of drug-likeness (QED) is 0.758. The minimum Gasteiger partial charge on any atom is -0.305 e. The molecular weight excluding hydrogens is 280 g/mol. The minimum absolute atomic E-state index is 0.117. The van der Waals surface area contributed by atoms with E-state index in [2.05, 4.69) is 39.4 Å². The molecule has 5 heteroatoms. The predicted molar refractivity (Wildman–Crippen MR) is 85.8 cm³/mol. The Labute approximate surface area is 128 Å². The summed E-state index contributed by atoms with van der Waals surface area (Å²) in [6.07, 6.45) is 2.94. The van der Waals surface area contributed by atoms with E-state index >= 15 is 0 Å². The molecule has 108 valence electrons. The first-order valence-electron chi connectivity index (χ1n) is 7.11. The SMILES string of the molecule is CCCNC(c1ccsc1)c1cnnn1-c1ccccc1. The average Bonchev–Trinajstić information content (AvgIpc) is 3.20. The number of nitrogens with zero attached hydrogens (tertiary/aromatic N) is 3. The lowest BCUT2D eigenvalue weighted by atomic mass is 10.1. The molecule has 4 nitrogen and oxygen atoms in total. The van der Waals surface area contributed by atoms with E-state index in [4.69, 9.17) is 0 Å². The van der Waals surface area contributed by atoms with Gasteiger partial charge in [-0.3, -0.25) is 0 Å². The van der Waals surface area contributed by atoms with Crippen LogP contribution in [0.5, 0.6) is 0 Å². The van der Waals surface area contributed by atoms with Crippen LogP contribution < -0.4 is 5.32 Å². The standard InChI is InChI=1S/C16H18N4S/c1-2-9-17-16(13-8-10-21-12-13)15-11-18-19-20(15)14-6-4-3-5-7-14/h3-8,10-12,16-17H,2,9H2,1H3. The van der Waals surface area contributed by atoms with E-state index in [1.165, 1.54) is 5.56 Å². The van der Waals surface area contributed by atoms with Crippen LogP contribution in [0.2, 0.25) is 0 Å². The third-order valence-corrected chi connectivity index (χ3v) is 4.05. The van der Waals surface area contributed by atoms with E-state index in [0.717, 1.165) is 24.3 Å². The molecule has 0 saturated carbocycles. The summed E-state index contributed by atoms with van der Waals surface area (Å²) < 4.78 is 1.91. The van der Waals surface area contributed by atoms with Crippen molar-refractivity contribution in [1.82, 2.24) is 20.3 Å². The number of nitrogens with one attached hydrogen (secondary N) is 1. The number of para-hydroxylation sites is 1. The summed E-state index contributed by atoms with van der Waals surface area (Å²) in [7, 11) is 0. The summed E-state index contributed by atoms with van der Waals surface area (Å²) in [6.45, 7) is 3.13. The Bertz CT molecular complexity index is 661. The van der Waals surface area contributed by atoms with Gasteiger partial charge in [0.15, 0.2) is 0 Å². The summed E-state index contributed by atoms with van der Waals surface area (Å²) in [5, 5.41) is 16.2. The zero-order valence-corrected chi connectivity index (χ0v) is 12.8. The van der Waals surface area contributed by atoms with Gasteiger partial charge in [-0.25, -0.2) is 4.68 Å². The van der Waals surface area contributed by atoms with Crippen LogP contribution in [-0.4, -0.2) is 21.5 Å². The van der Waals surface area contributed by atoms with Crippen LogP contribution in [0.1, 0.15) is 30.6 Å². The van der Waals surface area contributed by atoms with E-state index in [1.54, 1.807) is 11.3 Å². The van der Waals surface area contributed by atoms with Crippen molar-refractivity contribution in [3.05, 3.63) is 64.6 Å². The highest BCUT2D eigenvalue weighted by Crippen LogP contribution is 2.25. The average molecular weight is 298 g/mol. The molecule has 2 heterocycles. The van der Waals surface area contributed by atoms with Crippen LogP contribution in [0.4, 0.5) is 0 Å². The summed E-state index contributed by atoms with van der Waals surface area (Å²) in [5.41, 5.74) is 3.35. The zero-order valence-electron chi connectivity index (χ0n) is 11.9. The molecule has 0 bridgehead atoms. The van der Waals surface area contributed by atoms with E-state index in [1.807, 2.05) is 41.2 Å². The third kappa shape index (κ3) is 3.04. The van der Waals surface area contributed by atoms with Crippen LogP contribution in [0, 0.1) is 0 Å². The molecule has 0 aliphatic rings. The highest BCUT2D eigenvalue weighted by Gasteiger charge is 2.19. The maximum atomic E-state index is 4.26. The summed E-state index contributed by atoms with van der Waals surface area (Å²) in [6, 6.07) is 12.4. The van der Waals surface area contributed by atoms with Crippen molar-refractivity contribution in [3.63, 3.8) is 0 Å². The molecule has 0 aliphatic heterocycles. The number of aromatic nitrogens is 3. The van der Waals surface area contributed by atoms with Crippen molar-refractivity contribution in [2.75, 3.05) is 6.54 Å². The normalized spacial score (nSPS) is 12.4. The van der Waals surface area contributed by atoms with Gasteiger partial charge in [-0.15, -0.1) is 5.10 Å². The lowest BCUT2D eigenvalue weighted by Gasteiger charge is -2.18. The first kappa shape index (κ1) is 14.0. The number of hydrogen-bond donors (Lipinski definition) is 1. The fourth-order valence-corrected chi connectivity index (χ4v) is 3.02. The zero-order chi connectivity index (χ0) is 14.5. The number of rotatable bonds is 6. The molecule has 3 rings (SSSR count). The van der Waals surface area contributed by atoms with Gasteiger partial charge in [-0.2, -0.15) is 11.3 Å². The molecule has 0 radical (unpaired) electrons. The molecule has 0 saturated heterocycles.